The van der Waals surface area contributed by atoms with Crippen LogP contribution in [0.4, 0.5) is 11.5 Å². The molecule has 4 N–H and O–H groups in total. The van der Waals surface area contributed by atoms with Gasteiger partial charge in [0.25, 0.3) is 11.8 Å². The van der Waals surface area contributed by atoms with Gasteiger partial charge in [-0.2, -0.15) is 0 Å². The molecule has 3 rings (SSSR count). The van der Waals surface area contributed by atoms with Crippen molar-refractivity contribution in [2.75, 3.05) is 24.7 Å². The highest BCUT2D eigenvalue weighted by Crippen LogP contribution is 2.18. The second kappa shape index (κ2) is 7.05. The molecule has 0 bridgehead atoms. The number of nitrogens with two attached hydrogens (primary N) is 1. The third-order valence-corrected chi connectivity index (χ3v) is 3.57. The summed E-state index contributed by atoms with van der Waals surface area (Å²) in [6, 6.07) is 6.88. The van der Waals surface area contributed by atoms with Crippen LogP contribution in [0.1, 0.15) is 27.9 Å². The average molecular weight is 355 g/mol. The van der Waals surface area contributed by atoms with E-state index in [-0.39, 0.29) is 22.9 Å². The van der Waals surface area contributed by atoms with E-state index in [1.807, 2.05) is 6.92 Å². The molecule has 0 saturated heterocycles. The van der Waals surface area contributed by atoms with Crippen molar-refractivity contribution in [1.82, 2.24) is 24.9 Å². The maximum Gasteiger partial charge on any atom is 0.279 e. The molecular formula is C16H17N7O3. The highest BCUT2D eigenvalue weighted by molar-refractivity contribution is 6.06. The molecule has 3 aromatic rings. The quantitative estimate of drug-likeness (QED) is 0.613. The number of nitrogen functional groups attached to an aromatic ring is 1. The smallest absolute Gasteiger partial charge is 0.279 e. The zero-order valence-electron chi connectivity index (χ0n) is 14.2. The summed E-state index contributed by atoms with van der Waals surface area (Å²) < 4.78 is 6.69. The van der Waals surface area contributed by atoms with Crippen LogP contribution in [0.25, 0.3) is 5.65 Å². The molecule has 1 aromatic carbocycles. The van der Waals surface area contributed by atoms with Gasteiger partial charge in [-0.25, -0.2) is 4.98 Å². The topological polar surface area (TPSA) is 137 Å². The summed E-state index contributed by atoms with van der Waals surface area (Å²) in [6.45, 7) is 2.44. The summed E-state index contributed by atoms with van der Waals surface area (Å²) in [5.41, 5.74) is 6.72. The fourth-order valence-corrected chi connectivity index (χ4v) is 2.31. The Morgan fingerprint density at radius 2 is 1.88 bits per heavy atom. The van der Waals surface area contributed by atoms with Crippen LogP contribution in [0, 0.1) is 0 Å². The van der Waals surface area contributed by atoms with Crippen LogP contribution in [0.5, 0.6) is 5.75 Å². The lowest BCUT2D eigenvalue weighted by molar-refractivity contribution is 0.0959. The Morgan fingerprint density at radius 1 is 1.15 bits per heavy atom. The number of amides is 2. The number of carbonyl (C=O) groups is 2. The molecule has 0 atom stereocenters. The second-order valence-corrected chi connectivity index (χ2v) is 5.21. The van der Waals surface area contributed by atoms with Crippen molar-refractivity contribution in [2.45, 2.75) is 6.92 Å². The molecular weight excluding hydrogens is 338 g/mol. The monoisotopic (exact) mass is 355 g/mol. The fraction of sp³-hybridized carbons (Fsp3) is 0.188. The molecule has 2 aromatic heterocycles. The Morgan fingerprint density at radius 3 is 2.54 bits per heavy atom. The molecule has 2 amide bonds. The fourth-order valence-electron chi connectivity index (χ4n) is 2.31. The maximum atomic E-state index is 12.4. The molecule has 26 heavy (non-hydrogen) atoms. The molecule has 2 heterocycles. The molecule has 0 fully saturated rings. The van der Waals surface area contributed by atoms with E-state index in [4.69, 9.17) is 10.5 Å². The van der Waals surface area contributed by atoms with E-state index in [1.165, 1.54) is 17.8 Å². The summed E-state index contributed by atoms with van der Waals surface area (Å²) in [5, 5.41) is 12.9. The van der Waals surface area contributed by atoms with E-state index in [1.54, 1.807) is 24.3 Å². The van der Waals surface area contributed by atoms with E-state index in [0.717, 1.165) is 0 Å². The molecule has 0 aliphatic carbocycles. The van der Waals surface area contributed by atoms with Crippen molar-refractivity contribution >= 4 is 29.0 Å². The second-order valence-electron chi connectivity index (χ2n) is 5.21. The number of nitrogens with one attached hydrogen (secondary N) is 2. The Bertz CT molecular complexity index is 966. The Balaban J connectivity index is 1.86. The number of ether oxygens (including phenoxy) is 1. The summed E-state index contributed by atoms with van der Waals surface area (Å²) in [4.78, 5) is 28.2. The number of aromatic nitrogens is 4. The van der Waals surface area contributed by atoms with Gasteiger partial charge < -0.3 is 21.1 Å². The minimum Gasteiger partial charge on any atom is -0.494 e. The van der Waals surface area contributed by atoms with Gasteiger partial charge in [-0.05, 0) is 31.2 Å². The van der Waals surface area contributed by atoms with Crippen LogP contribution in [0.3, 0.4) is 0 Å². The largest absolute Gasteiger partial charge is 0.494 e. The Kier molecular flexibility index (Phi) is 4.65. The summed E-state index contributed by atoms with van der Waals surface area (Å²) in [6.07, 6.45) is 1.32. The number of imidazole rings is 1. The van der Waals surface area contributed by atoms with Crippen molar-refractivity contribution < 1.29 is 14.3 Å². The number of nitrogens with zero attached hydrogens (tertiary/aromatic N) is 4. The van der Waals surface area contributed by atoms with Gasteiger partial charge in [-0.15, -0.1) is 10.2 Å². The van der Waals surface area contributed by atoms with Crippen LogP contribution in [-0.4, -0.2) is 45.1 Å². The Labute approximate surface area is 148 Å². The van der Waals surface area contributed by atoms with Crippen molar-refractivity contribution in [3.63, 3.8) is 0 Å². The molecule has 10 nitrogen and oxygen atoms in total. The third-order valence-electron chi connectivity index (χ3n) is 3.57. The first-order valence-corrected chi connectivity index (χ1v) is 7.80. The van der Waals surface area contributed by atoms with Gasteiger partial charge in [0.2, 0.25) is 0 Å². The van der Waals surface area contributed by atoms with Gasteiger partial charge in [0, 0.05) is 12.7 Å². The van der Waals surface area contributed by atoms with Crippen molar-refractivity contribution in [3.8, 4) is 5.75 Å². The summed E-state index contributed by atoms with van der Waals surface area (Å²) in [7, 11) is 1.48. The van der Waals surface area contributed by atoms with Gasteiger partial charge in [0.1, 0.15) is 17.9 Å². The van der Waals surface area contributed by atoms with Gasteiger partial charge in [0.15, 0.2) is 17.0 Å². The molecule has 0 aliphatic rings. The zero-order valence-corrected chi connectivity index (χ0v) is 14.2. The Hall–Kier alpha value is -3.69. The average Bonchev–Trinajstić information content (AvgIpc) is 3.08. The molecule has 10 heteroatoms. The molecule has 0 aliphatic heterocycles. The van der Waals surface area contributed by atoms with Crippen molar-refractivity contribution in [3.05, 3.63) is 42.0 Å². The van der Waals surface area contributed by atoms with E-state index in [0.29, 0.717) is 18.0 Å². The maximum absolute atomic E-state index is 12.4. The van der Waals surface area contributed by atoms with Gasteiger partial charge >= 0.3 is 0 Å². The first-order chi connectivity index (χ1) is 12.5. The van der Waals surface area contributed by atoms with Gasteiger partial charge in [-0.1, -0.05) is 0 Å². The number of fused-ring (bicyclic) bond motifs is 1. The minimum atomic E-state index is -0.531. The van der Waals surface area contributed by atoms with Gasteiger partial charge in [0.05, 0.1) is 6.61 Å². The first-order valence-electron chi connectivity index (χ1n) is 7.80. The molecule has 0 unspecified atom stereocenters. The first kappa shape index (κ1) is 17.1. The predicted molar refractivity (Wildman–Crippen MR) is 94.1 cm³/mol. The zero-order chi connectivity index (χ0) is 18.7. The number of benzene rings is 1. The normalized spacial score (nSPS) is 10.5. The van der Waals surface area contributed by atoms with Crippen LogP contribution in [0.15, 0.2) is 30.6 Å². The van der Waals surface area contributed by atoms with E-state index in [9.17, 15) is 9.59 Å². The van der Waals surface area contributed by atoms with Crippen molar-refractivity contribution in [1.29, 1.82) is 0 Å². The third kappa shape index (κ3) is 3.11. The lowest BCUT2D eigenvalue weighted by Crippen LogP contribution is -2.21. The number of anilines is 2. The summed E-state index contributed by atoms with van der Waals surface area (Å²) >= 11 is 0. The van der Waals surface area contributed by atoms with Crippen molar-refractivity contribution in [2.24, 2.45) is 0 Å². The van der Waals surface area contributed by atoms with E-state index in [2.05, 4.69) is 25.8 Å². The number of hydrogen-bond donors (Lipinski definition) is 3. The molecule has 0 saturated carbocycles. The highest BCUT2D eigenvalue weighted by Gasteiger charge is 2.20. The highest BCUT2D eigenvalue weighted by atomic mass is 16.5. The van der Waals surface area contributed by atoms with E-state index < -0.39 is 11.8 Å². The predicted octanol–water partition coefficient (Wildman–Crippen LogP) is 0.717. The number of hydrogen-bond acceptors (Lipinski definition) is 7. The van der Waals surface area contributed by atoms with Crippen LogP contribution < -0.4 is 21.1 Å². The SMILES string of the molecule is CCOc1ccc(NC(=O)c2nnc3c(C(=O)NC)ncn3c2N)cc1. The van der Waals surface area contributed by atoms with Crippen LogP contribution in [-0.2, 0) is 0 Å². The van der Waals surface area contributed by atoms with Crippen LogP contribution in [0.2, 0.25) is 0 Å². The molecule has 134 valence electrons. The van der Waals surface area contributed by atoms with Gasteiger partial charge in [-0.3, -0.25) is 14.0 Å². The van der Waals surface area contributed by atoms with E-state index >= 15 is 0 Å². The standard InChI is InChI=1S/C16H17N7O3/c1-3-26-10-6-4-9(5-7-10)20-16(25)11-13(17)23-8-19-12(15(24)18-2)14(23)22-21-11/h4-8H,3,17H2,1-2H3,(H,18,24)(H,20,25). The number of carbonyl (C=O) groups excluding carboxylic acids is 2. The summed E-state index contributed by atoms with van der Waals surface area (Å²) in [5.74, 6) is -0.225. The molecule has 0 spiro atoms. The lowest BCUT2D eigenvalue weighted by atomic mass is 10.3. The number of rotatable bonds is 5. The lowest BCUT2D eigenvalue weighted by Gasteiger charge is -2.08. The van der Waals surface area contributed by atoms with Crippen LogP contribution >= 0.6 is 0 Å². The minimum absolute atomic E-state index is 0.0288. The molecule has 0 radical (unpaired) electrons.